The highest BCUT2D eigenvalue weighted by atomic mass is 16.3. The van der Waals surface area contributed by atoms with Crippen LogP contribution in [0.25, 0.3) is 0 Å². The van der Waals surface area contributed by atoms with E-state index < -0.39 is 0 Å². The maximum absolute atomic E-state index is 11.4. The second kappa shape index (κ2) is 6.19. The molecule has 82 valence electrons. The number of carbonyl (C=O) groups is 1. The van der Waals surface area contributed by atoms with Crippen LogP contribution in [-0.4, -0.2) is 23.7 Å². The Morgan fingerprint density at radius 1 is 1.40 bits per heavy atom. The topological polar surface area (TPSA) is 49.3 Å². The Morgan fingerprint density at radius 3 is 2.67 bits per heavy atom. The highest BCUT2D eigenvalue weighted by Gasteiger charge is 2.02. The summed E-state index contributed by atoms with van der Waals surface area (Å²) in [5.41, 5.74) is 1.01. The van der Waals surface area contributed by atoms with Gasteiger partial charge in [-0.3, -0.25) is 4.79 Å². The van der Waals surface area contributed by atoms with Gasteiger partial charge < -0.3 is 10.4 Å². The molecule has 3 nitrogen and oxygen atoms in total. The molecule has 0 saturated heterocycles. The van der Waals surface area contributed by atoms with Gasteiger partial charge in [0.2, 0.25) is 5.91 Å². The summed E-state index contributed by atoms with van der Waals surface area (Å²) in [7, 11) is 0. The van der Waals surface area contributed by atoms with Crippen LogP contribution < -0.4 is 5.32 Å². The molecular formula is C12H17NO2. The third-order valence-corrected chi connectivity index (χ3v) is 2.09. The number of rotatable bonds is 5. The smallest absolute Gasteiger partial charge is 0.224 e. The van der Waals surface area contributed by atoms with Crippen molar-refractivity contribution in [1.29, 1.82) is 0 Å². The lowest BCUT2D eigenvalue weighted by atomic mass is 10.1. The molecule has 0 saturated carbocycles. The van der Waals surface area contributed by atoms with Gasteiger partial charge in [-0.25, -0.2) is 0 Å². The Balaban J connectivity index is 2.25. The molecule has 0 aromatic heterocycles. The van der Waals surface area contributed by atoms with Crippen molar-refractivity contribution in [3.8, 4) is 0 Å². The molecular weight excluding hydrogens is 190 g/mol. The van der Waals surface area contributed by atoms with Gasteiger partial charge >= 0.3 is 0 Å². The lowest BCUT2D eigenvalue weighted by Gasteiger charge is -2.06. The van der Waals surface area contributed by atoms with Crippen molar-refractivity contribution in [1.82, 2.24) is 5.32 Å². The molecule has 0 radical (unpaired) electrons. The number of hydrogen-bond acceptors (Lipinski definition) is 2. The third kappa shape index (κ3) is 5.18. The lowest BCUT2D eigenvalue weighted by molar-refractivity contribution is -0.120. The maximum Gasteiger partial charge on any atom is 0.224 e. The molecule has 15 heavy (non-hydrogen) atoms. The summed E-state index contributed by atoms with van der Waals surface area (Å²) >= 11 is 0. The van der Waals surface area contributed by atoms with E-state index in [2.05, 4.69) is 5.32 Å². The fourth-order valence-electron chi connectivity index (χ4n) is 1.26. The van der Waals surface area contributed by atoms with Crippen LogP contribution >= 0.6 is 0 Å². The number of aliphatic hydroxyl groups is 1. The van der Waals surface area contributed by atoms with E-state index in [1.807, 2.05) is 30.3 Å². The van der Waals surface area contributed by atoms with Crippen LogP contribution in [0.4, 0.5) is 0 Å². The molecule has 0 aliphatic heterocycles. The van der Waals surface area contributed by atoms with Gasteiger partial charge in [-0.15, -0.1) is 0 Å². The first kappa shape index (κ1) is 11.7. The summed E-state index contributed by atoms with van der Waals surface area (Å²) in [6.07, 6.45) is 0.642. The van der Waals surface area contributed by atoms with Gasteiger partial charge in [0.15, 0.2) is 0 Å². The number of amides is 1. The van der Waals surface area contributed by atoms with Crippen molar-refractivity contribution in [3.05, 3.63) is 35.9 Å². The standard InChI is InChI=1S/C12H17NO2/c1-10(14)7-8-13-12(15)9-11-5-3-2-4-6-11/h2-6,10,14H,7-9H2,1H3,(H,13,15). The van der Waals surface area contributed by atoms with Gasteiger partial charge in [-0.2, -0.15) is 0 Å². The summed E-state index contributed by atoms with van der Waals surface area (Å²) in [5.74, 6) is 0.00171. The molecule has 1 rings (SSSR count). The number of nitrogens with one attached hydrogen (secondary N) is 1. The zero-order chi connectivity index (χ0) is 11.1. The van der Waals surface area contributed by atoms with Gasteiger partial charge in [0.1, 0.15) is 0 Å². The summed E-state index contributed by atoms with van der Waals surface area (Å²) in [6, 6.07) is 9.61. The third-order valence-electron chi connectivity index (χ3n) is 2.09. The van der Waals surface area contributed by atoms with E-state index in [9.17, 15) is 4.79 Å². The zero-order valence-corrected chi connectivity index (χ0v) is 8.94. The predicted molar refractivity (Wildman–Crippen MR) is 59.5 cm³/mol. The second-order valence-corrected chi connectivity index (χ2v) is 3.65. The average molecular weight is 207 g/mol. The molecule has 1 aromatic carbocycles. The Kier molecular flexibility index (Phi) is 4.84. The molecule has 1 unspecified atom stereocenters. The Bertz CT molecular complexity index is 296. The maximum atomic E-state index is 11.4. The largest absolute Gasteiger partial charge is 0.393 e. The van der Waals surface area contributed by atoms with Crippen LogP contribution in [0.2, 0.25) is 0 Å². The first-order chi connectivity index (χ1) is 7.18. The first-order valence-corrected chi connectivity index (χ1v) is 5.17. The normalized spacial score (nSPS) is 12.1. The zero-order valence-electron chi connectivity index (χ0n) is 8.94. The van der Waals surface area contributed by atoms with E-state index in [4.69, 9.17) is 5.11 Å². The molecule has 0 fully saturated rings. The summed E-state index contributed by atoms with van der Waals surface area (Å²) in [5, 5.41) is 11.8. The van der Waals surface area contributed by atoms with Crippen LogP contribution in [0.15, 0.2) is 30.3 Å². The van der Waals surface area contributed by atoms with Gasteiger partial charge in [-0.1, -0.05) is 30.3 Å². The summed E-state index contributed by atoms with van der Waals surface area (Å²) < 4.78 is 0. The van der Waals surface area contributed by atoms with Crippen LogP contribution in [0.3, 0.4) is 0 Å². The predicted octanol–water partition coefficient (Wildman–Crippen LogP) is 1.12. The van der Waals surface area contributed by atoms with Crippen molar-refractivity contribution in [2.24, 2.45) is 0 Å². The van der Waals surface area contributed by atoms with Crippen LogP contribution in [0, 0.1) is 0 Å². The molecule has 1 amide bonds. The molecule has 3 heteroatoms. The van der Waals surface area contributed by atoms with E-state index in [-0.39, 0.29) is 12.0 Å². The highest BCUT2D eigenvalue weighted by Crippen LogP contribution is 1.99. The number of benzene rings is 1. The van der Waals surface area contributed by atoms with E-state index in [0.29, 0.717) is 19.4 Å². The molecule has 0 aliphatic carbocycles. The van der Waals surface area contributed by atoms with Crippen molar-refractivity contribution in [3.63, 3.8) is 0 Å². The van der Waals surface area contributed by atoms with E-state index in [0.717, 1.165) is 5.56 Å². The number of aliphatic hydroxyl groups excluding tert-OH is 1. The van der Waals surface area contributed by atoms with Crippen LogP contribution in [-0.2, 0) is 11.2 Å². The number of carbonyl (C=O) groups excluding carboxylic acids is 1. The van der Waals surface area contributed by atoms with Crippen LogP contribution in [0.5, 0.6) is 0 Å². The van der Waals surface area contributed by atoms with Gasteiger partial charge in [-0.05, 0) is 18.9 Å². The van der Waals surface area contributed by atoms with Crippen molar-refractivity contribution >= 4 is 5.91 Å². The molecule has 2 N–H and O–H groups in total. The molecule has 0 heterocycles. The minimum Gasteiger partial charge on any atom is -0.393 e. The fourth-order valence-corrected chi connectivity index (χ4v) is 1.26. The van der Waals surface area contributed by atoms with Crippen molar-refractivity contribution < 1.29 is 9.90 Å². The molecule has 1 aromatic rings. The van der Waals surface area contributed by atoms with Crippen LogP contribution in [0.1, 0.15) is 18.9 Å². The Morgan fingerprint density at radius 2 is 2.07 bits per heavy atom. The summed E-state index contributed by atoms with van der Waals surface area (Å²) in [4.78, 5) is 11.4. The van der Waals surface area contributed by atoms with Crippen molar-refractivity contribution in [2.45, 2.75) is 25.9 Å². The monoisotopic (exact) mass is 207 g/mol. The quantitative estimate of drug-likeness (QED) is 0.760. The Labute approximate surface area is 90.1 Å². The lowest BCUT2D eigenvalue weighted by Crippen LogP contribution is -2.27. The van der Waals surface area contributed by atoms with Crippen molar-refractivity contribution in [2.75, 3.05) is 6.54 Å². The molecule has 0 aliphatic rings. The van der Waals surface area contributed by atoms with E-state index in [1.54, 1.807) is 6.92 Å². The molecule has 0 spiro atoms. The van der Waals surface area contributed by atoms with E-state index in [1.165, 1.54) is 0 Å². The van der Waals surface area contributed by atoms with Gasteiger partial charge in [0, 0.05) is 6.54 Å². The fraction of sp³-hybridized carbons (Fsp3) is 0.417. The second-order valence-electron chi connectivity index (χ2n) is 3.65. The highest BCUT2D eigenvalue weighted by molar-refractivity contribution is 5.78. The summed E-state index contributed by atoms with van der Waals surface area (Å²) in [6.45, 7) is 2.24. The minimum absolute atomic E-state index is 0.00171. The first-order valence-electron chi connectivity index (χ1n) is 5.17. The van der Waals surface area contributed by atoms with Gasteiger partial charge in [0.05, 0.1) is 12.5 Å². The van der Waals surface area contributed by atoms with E-state index >= 15 is 0 Å². The Hall–Kier alpha value is -1.35. The minimum atomic E-state index is -0.359. The molecule has 1 atom stereocenters. The molecule has 0 bridgehead atoms. The van der Waals surface area contributed by atoms with Gasteiger partial charge in [0.25, 0.3) is 0 Å². The average Bonchev–Trinajstić information content (AvgIpc) is 2.18. The SMILES string of the molecule is CC(O)CCNC(=O)Cc1ccccc1. The number of hydrogen-bond donors (Lipinski definition) is 2.